The summed E-state index contributed by atoms with van der Waals surface area (Å²) >= 11 is 0. The number of pyridine rings is 1. The minimum absolute atomic E-state index is 0.100. The second kappa shape index (κ2) is 7.79. The number of nitrogens with zero attached hydrogens (tertiary/aromatic N) is 1. The molecule has 0 amide bonds. The first-order valence-electron chi connectivity index (χ1n) is 9.55. The Morgan fingerprint density at radius 2 is 1.59 bits per heavy atom. The highest BCUT2D eigenvalue weighted by Gasteiger charge is 2.26. The first kappa shape index (κ1) is 21.1. The van der Waals surface area contributed by atoms with Gasteiger partial charge in [-0.3, -0.25) is 4.79 Å². The molecule has 1 heterocycles. The van der Waals surface area contributed by atoms with E-state index in [1.807, 2.05) is 6.07 Å². The number of phenolic OH excluding ortho intramolecular Hbond substituents is 1. The molecule has 0 saturated heterocycles. The summed E-state index contributed by atoms with van der Waals surface area (Å²) in [6, 6.07) is 7.73. The molecule has 1 aromatic heterocycles. The van der Waals surface area contributed by atoms with Crippen molar-refractivity contribution >= 4 is 0 Å². The lowest BCUT2D eigenvalue weighted by molar-refractivity contribution is 0.401. The maximum Gasteiger partial charge on any atom is 0.292 e. The average Bonchev–Trinajstić information content (AvgIpc) is 2.55. The second-order valence-corrected chi connectivity index (χ2v) is 9.22. The number of aromatic nitrogens is 1. The topological polar surface area (TPSA) is 51.5 Å². The van der Waals surface area contributed by atoms with Gasteiger partial charge in [0, 0.05) is 12.7 Å². The Kier molecular flexibility index (Phi) is 6.08. The number of aromatic hydroxyl groups is 1. The maximum atomic E-state index is 12.3. The van der Waals surface area contributed by atoms with Crippen LogP contribution in [0.5, 0.6) is 11.5 Å². The smallest absolute Gasteiger partial charge is 0.292 e. The van der Waals surface area contributed by atoms with Crippen LogP contribution in [0.1, 0.15) is 64.7 Å². The second-order valence-electron chi connectivity index (χ2n) is 9.22. The Hall–Kier alpha value is -2.23. The molecule has 4 heteroatoms. The van der Waals surface area contributed by atoms with Crippen molar-refractivity contribution in [2.24, 2.45) is 0 Å². The number of hydrogen-bond acceptors (Lipinski definition) is 3. The van der Waals surface area contributed by atoms with Crippen LogP contribution in [0, 0.1) is 0 Å². The highest BCUT2D eigenvalue weighted by atomic mass is 16.5. The van der Waals surface area contributed by atoms with E-state index in [4.69, 9.17) is 4.74 Å². The van der Waals surface area contributed by atoms with E-state index in [1.54, 1.807) is 16.8 Å². The fourth-order valence-corrected chi connectivity index (χ4v) is 3.28. The molecule has 2 aromatic rings. The third-order valence-electron chi connectivity index (χ3n) is 4.86. The van der Waals surface area contributed by atoms with Crippen LogP contribution in [0.15, 0.2) is 35.3 Å². The van der Waals surface area contributed by atoms with Crippen LogP contribution in [0.2, 0.25) is 0 Å². The Morgan fingerprint density at radius 1 is 1.04 bits per heavy atom. The van der Waals surface area contributed by atoms with Crippen molar-refractivity contribution in [3.05, 3.63) is 57.5 Å². The summed E-state index contributed by atoms with van der Waals surface area (Å²) in [7, 11) is 1.51. The largest absolute Gasteiger partial charge is 0.507 e. The Morgan fingerprint density at radius 3 is 2.07 bits per heavy atom. The van der Waals surface area contributed by atoms with E-state index in [2.05, 4.69) is 53.7 Å². The van der Waals surface area contributed by atoms with Gasteiger partial charge in [-0.15, -0.1) is 0 Å². The Bertz CT molecular complexity index is 816. The van der Waals surface area contributed by atoms with E-state index in [0.29, 0.717) is 18.0 Å². The number of phenols is 1. The van der Waals surface area contributed by atoms with Crippen LogP contribution in [0.4, 0.5) is 0 Å². The van der Waals surface area contributed by atoms with E-state index < -0.39 is 0 Å². The molecule has 0 aliphatic rings. The van der Waals surface area contributed by atoms with Gasteiger partial charge in [0.2, 0.25) is 0 Å². The predicted molar refractivity (Wildman–Crippen MR) is 111 cm³/mol. The standard InChI is InChI=1S/C23H33NO3/c1-22(2,3)17-14-16(15-18(20(17)25)23(4,5)6)10-8-12-24-13-9-11-19(27-7)21(24)26/h9,11,13-15,25H,8,10,12H2,1-7H3. The molecule has 0 unspecified atom stereocenters. The lowest BCUT2D eigenvalue weighted by atomic mass is 9.78. The zero-order valence-electron chi connectivity index (χ0n) is 17.7. The minimum Gasteiger partial charge on any atom is -0.507 e. The number of aryl methyl sites for hydroxylation is 2. The molecule has 2 rings (SSSR count). The van der Waals surface area contributed by atoms with Gasteiger partial charge < -0.3 is 14.4 Å². The zero-order chi connectivity index (χ0) is 20.4. The van der Waals surface area contributed by atoms with Crippen LogP contribution < -0.4 is 10.3 Å². The lowest BCUT2D eigenvalue weighted by Crippen LogP contribution is -2.21. The van der Waals surface area contributed by atoms with Gasteiger partial charge in [0.25, 0.3) is 5.56 Å². The highest BCUT2D eigenvalue weighted by molar-refractivity contribution is 5.49. The van der Waals surface area contributed by atoms with Crippen LogP contribution in [-0.4, -0.2) is 16.8 Å². The molecule has 0 fully saturated rings. The van der Waals surface area contributed by atoms with Crippen molar-refractivity contribution in [2.75, 3.05) is 7.11 Å². The van der Waals surface area contributed by atoms with Gasteiger partial charge in [0.15, 0.2) is 5.75 Å². The van der Waals surface area contributed by atoms with E-state index in [9.17, 15) is 9.90 Å². The number of methoxy groups -OCH3 is 1. The van der Waals surface area contributed by atoms with Crippen molar-refractivity contribution in [3.8, 4) is 11.5 Å². The number of ether oxygens (including phenoxy) is 1. The third-order valence-corrected chi connectivity index (χ3v) is 4.86. The van der Waals surface area contributed by atoms with E-state index in [-0.39, 0.29) is 16.4 Å². The lowest BCUT2D eigenvalue weighted by Gasteiger charge is -2.28. The summed E-state index contributed by atoms with van der Waals surface area (Å²) in [6.07, 6.45) is 3.48. The molecule has 148 valence electrons. The van der Waals surface area contributed by atoms with Crippen molar-refractivity contribution in [1.82, 2.24) is 4.57 Å². The molecular formula is C23H33NO3. The monoisotopic (exact) mass is 371 g/mol. The first-order chi connectivity index (χ1) is 12.4. The van der Waals surface area contributed by atoms with Crippen molar-refractivity contribution in [2.45, 2.75) is 71.8 Å². The van der Waals surface area contributed by atoms with Gasteiger partial charge in [-0.2, -0.15) is 0 Å². The molecule has 0 atom stereocenters. The minimum atomic E-state index is -0.135. The quantitative estimate of drug-likeness (QED) is 0.822. The van der Waals surface area contributed by atoms with Gasteiger partial charge in [-0.1, -0.05) is 53.7 Å². The van der Waals surface area contributed by atoms with Crippen LogP contribution in [-0.2, 0) is 23.8 Å². The molecular weight excluding hydrogens is 338 g/mol. The van der Waals surface area contributed by atoms with Crippen LogP contribution in [0.25, 0.3) is 0 Å². The Labute approximate surface area is 162 Å². The zero-order valence-corrected chi connectivity index (χ0v) is 17.7. The van der Waals surface area contributed by atoms with Gasteiger partial charge in [0.1, 0.15) is 5.75 Å². The SMILES string of the molecule is COc1cccn(CCCc2cc(C(C)(C)C)c(O)c(C(C)(C)C)c2)c1=O. The van der Waals surface area contributed by atoms with Crippen LogP contribution >= 0.6 is 0 Å². The first-order valence-corrected chi connectivity index (χ1v) is 9.55. The number of rotatable bonds is 5. The summed E-state index contributed by atoms with van der Waals surface area (Å²) in [5.74, 6) is 0.773. The normalized spacial score (nSPS) is 12.3. The van der Waals surface area contributed by atoms with Crippen molar-refractivity contribution in [1.29, 1.82) is 0 Å². The molecule has 0 spiro atoms. The highest BCUT2D eigenvalue weighted by Crippen LogP contribution is 2.39. The summed E-state index contributed by atoms with van der Waals surface area (Å²) in [5.41, 5.74) is 2.77. The van der Waals surface area contributed by atoms with Crippen molar-refractivity contribution in [3.63, 3.8) is 0 Å². The summed E-state index contributed by atoms with van der Waals surface area (Å²) in [5, 5.41) is 10.8. The molecule has 0 radical (unpaired) electrons. The number of benzene rings is 1. The molecule has 1 aromatic carbocycles. The molecule has 0 aliphatic carbocycles. The molecule has 0 bridgehead atoms. The van der Waals surface area contributed by atoms with Gasteiger partial charge >= 0.3 is 0 Å². The molecule has 4 nitrogen and oxygen atoms in total. The predicted octanol–water partition coefficient (Wildman–Crippen LogP) is 4.79. The van der Waals surface area contributed by atoms with Gasteiger partial charge in [0.05, 0.1) is 7.11 Å². The van der Waals surface area contributed by atoms with Crippen molar-refractivity contribution < 1.29 is 9.84 Å². The fourth-order valence-electron chi connectivity index (χ4n) is 3.28. The average molecular weight is 372 g/mol. The fraction of sp³-hybridized carbons (Fsp3) is 0.522. The third kappa shape index (κ3) is 4.94. The molecule has 0 aliphatic heterocycles. The number of hydrogen-bond donors (Lipinski definition) is 1. The Balaban J connectivity index is 2.28. The summed E-state index contributed by atoms with van der Waals surface area (Å²) in [6.45, 7) is 13.3. The van der Waals surface area contributed by atoms with Gasteiger partial charge in [-0.25, -0.2) is 0 Å². The molecule has 0 saturated carbocycles. The molecule has 1 N–H and O–H groups in total. The van der Waals surface area contributed by atoms with E-state index in [0.717, 1.165) is 24.0 Å². The summed E-state index contributed by atoms with van der Waals surface area (Å²) in [4.78, 5) is 12.3. The van der Waals surface area contributed by atoms with E-state index >= 15 is 0 Å². The van der Waals surface area contributed by atoms with Crippen LogP contribution in [0.3, 0.4) is 0 Å². The summed E-state index contributed by atoms with van der Waals surface area (Å²) < 4.78 is 6.80. The van der Waals surface area contributed by atoms with Gasteiger partial charge in [-0.05, 0) is 52.5 Å². The molecule has 27 heavy (non-hydrogen) atoms. The van der Waals surface area contributed by atoms with E-state index in [1.165, 1.54) is 12.7 Å². The maximum absolute atomic E-state index is 12.3.